The van der Waals surface area contributed by atoms with Crippen molar-refractivity contribution in [1.29, 1.82) is 0 Å². The smallest absolute Gasteiger partial charge is 0.126 e. The van der Waals surface area contributed by atoms with Gasteiger partial charge < -0.3 is 10.1 Å². The van der Waals surface area contributed by atoms with Gasteiger partial charge in [-0.05, 0) is 19.1 Å². The Morgan fingerprint density at radius 1 is 1.50 bits per heavy atom. The zero-order chi connectivity index (χ0) is 11.8. The number of nitrogens with one attached hydrogen (secondary N) is 1. The van der Waals surface area contributed by atoms with Crippen LogP contribution in [-0.4, -0.2) is 31.0 Å². The third-order valence-electron chi connectivity index (χ3n) is 1.95. The van der Waals surface area contributed by atoms with E-state index in [0.29, 0.717) is 0 Å². The normalized spacial score (nSPS) is 10.4. The van der Waals surface area contributed by atoms with E-state index in [4.69, 9.17) is 16.3 Å². The molecule has 1 rings (SSSR count). The Morgan fingerprint density at radius 2 is 2.31 bits per heavy atom. The summed E-state index contributed by atoms with van der Waals surface area (Å²) in [6.45, 7) is 3.67. The first-order valence-corrected chi connectivity index (χ1v) is 6.77. The van der Waals surface area contributed by atoms with Crippen molar-refractivity contribution in [2.75, 3.05) is 31.3 Å². The molecule has 0 bridgehead atoms. The van der Waals surface area contributed by atoms with Crippen LogP contribution in [0.4, 0.5) is 5.82 Å². The number of hydrogen-bond donors (Lipinski definition) is 1. The Labute approximate surface area is 106 Å². The topological polar surface area (TPSA) is 34.1 Å². The molecule has 0 saturated carbocycles. The minimum absolute atomic E-state index is 0.728. The van der Waals surface area contributed by atoms with E-state index in [9.17, 15) is 0 Å². The second kappa shape index (κ2) is 7.76. The van der Waals surface area contributed by atoms with Crippen LogP contribution >= 0.6 is 23.4 Å². The maximum absolute atomic E-state index is 6.07. The maximum atomic E-state index is 6.07. The Hall–Kier alpha value is -0.450. The molecule has 0 spiro atoms. The lowest BCUT2D eigenvalue weighted by Gasteiger charge is -2.07. The SMILES string of the molecule is CCNc1ccc(Cl)c(CSCCOC)n1. The predicted molar refractivity (Wildman–Crippen MR) is 71.4 cm³/mol. The van der Waals surface area contributed by atoms with Gasteiger partial charge in [-0.3, -0.25) is 0 Å². The summed E-state index contributed by atoms with van der Waals surface area (Å²) in [6.07, 6.45) is 0. The van der Waals surface area contributed by atoms with E-state index < -0.39 is 0 Å². The molecule has 0 amide bonds. The van der Waals surface area contributed by atoms with Crippen molar-refractivity contribution in [2.24, 2.45) is 0 Å². The van der Waals surface area contributed by atoms with Crippen LogP contribution in [0.1, 0.15) is 12.6 Å². The molecule has 1 N–H and O–H groups in total. The lowest BCUT2D eigenvalue weighted by atomic mass is 10.3. The van der Waals surface area contributed by atoms with E-state index in [0.717, 1.165) is 41.2 Å². The first-order valence-electron chi connectivity index (χ1n) is 5.24. The summed E-state index contributed by atoms with van der Waals surface area (Å²) in [5.74, 6) is 2.66. The Balaban J connectivity index is 2.52. The van der Waals surface area contributed by atoms with Gasteiger partial charge in [0, 0.05) is 25.2 Å². The molecule has 0 radical (unpaired) electrons. The van der Waals surface area contributed by atoms with Gasteiger partial charge in [0.25, 0.3) is 0 Å². The van der Waals surface area contributed by atoms with Gasteiger partial charge >= 0.3 is 0 Å². The molecule has 1 heterocycles. The van der Waals surface area contributed by atoms with Crippen LogP contribution in [0.15, 0.2) is 12.1 Å². The number of aromatic nitrogens is 1. The fourth-order valence-electron chi connectivity index (χ4n) is 1.18. The number of rotatable bonds is 7. The van der Waals surface area contributed by atoms with E-state index in [1.165, 1.54) is 0 Å². The van der Waals surface area contributed by atoms with Gasteiger partial charge in [-0.1, -0.05) is 11.6 Å². The molecule has 5 heteroatoms. The molecule has 0 aliphatic carbocycles. The van der Waals surface area contributed by atoms with Crippen molar-refractivity contribution in [3.8, 4) is 0 Å². The van der Waals surface area contributed by atoms with Gasteiger partial charge in [-0.15, -0.1) is 0 Å². The summed E-state index contributed by atoms with van der Waals surface area (Å²) >= 11 is 7.85. The summed E-state index contributed by atoms with van der Waals surface area (Å²) in [5.41, 5.74) is 0.932. The second-order valence-corrected chi connectivity index (χ2v) is 4.71. The van der Waals surface area contributed by atoms with E-state index in [1.54, 1.807) is 18.9 Å². The van der Waals surface area contributed by atoms with Gasteiger partial charge in [-0.2, -0.15) is 11.8 Å². The minimum Gasteiger partial charge on any atom is -0.384 e. The molecule has 1 aromatic rings. The predicted octanol–water partition coefficient (Wildman–Crippen LogP) is 3.05. The molecule has 3 nitrogen and oxygen atoms in total. The molecular weight excluding hydrogens is 244 g/mol. The zero-order valence-corrected chi connectivity index (χ0v) is 11.2. The summed E-state index contributed by atoms with van der Waals surface area (Å²) in [5, 5.41) is 3.90. The standard InChI is InChI=1S/C11H17ClN2OS/c1-3-13-11-5-4-9(12)10(14-11)8-16-7-6-15-2/h4-5H,3,6-8H2,1-2H3,(H,13,14). The largest absolute Gasteiger partial charge is 0.384 e. The molecule has 90 valence electrons. The minimum atomic E-state index is 0.728. The first kappa shape index (κ1) is 13.6. The number of nitrogens with zero attached hydrogens (tertiary/aromatic N) is 1. The van der Waals surface area contributed by atoms with Gasteiger partial charge in [0.2, 0.25) is 0 Å². The summed E-state index contributed by atoms with van der Waals surface area (Å²) in [6, 6.07) is 3.79. The van der Waals surface area contributed by atoms with Crippen LogP contribution in [0, 0.1) is 0 Å². The Kier molecular flexibility index (Phi) is 6.61. The van der Waals surface area contributed by atoms with E-state index in [2.05, 4.69) is 10.3 Å². The molecule has 0 unspecified atom stereocenters. The van der Waals surface area contributed by atoms with Crippen LogP contribution in [0.5, 0.6) is 0 Å². The van der Waals surface area contributed by atoms with Crippen LogP contribution in [0.3, 0.4) is 0 Å². The lowest BCUT2D eigenvalue weighted by Crippen LogP contribution is -2.01. The van der Waals surface area contributed by atoms with Crippen LogP contribution in [-0.2, 0) is 10.5 Å². The van der Waals surface area contributed by atoms with Crippen molar-refractivity contribution in [3.05, 3.63) is 22.8 Å². The van der Waals surface area contributed by atoms with Crippen LogP contribution in [0.25, 0.3) is 0 Å². The van der Waals surface area contributed by atoms with Crippen molar-refractivity contribution in [1.82, 2.24) is 4.98 Å². The molecule has 0 atom stereocenters. The second-order valence-electron chi connectivity index (χ2n) is 3.20. The number of pyridine rings is 1. The summed E-state index contributed by atoms with van der Waals surface area (Å²) in [4.78, 5) is 4.45. The van der Waals surface area contributed by atoms with Crippen molar-refractivity contribution >= 4 is 29.2 Å². The number of anilines is 1. The number of hydrogen-bond acceptors (Lipinski definition) is 4. The average molecular weight is 261 g/mol. The number of halogens is 1. The van der Waals surface area contributed by atoms with Crippen molar-refractivity contribution in [2.45, 2.75) is 12.7 Å². The maximum Gasteiger partial charge on any atom is 0.126 e. The van der Waals surface area contributed by atoms with Gasteiger partial charge in [0.15, 0.2) is 0 Å². The van der Waals surface area contributed by atoms with E-state index in [1.807, 2.05) is 19.1 Å². The monoisotopic (exact) mass is 260 g/mol. The highest BCUT2D eigenvalue weighted by molar-refractivity contribution is 7.98. The third kappa shape index (κ3) is 4.60. The van der Waals surface area contributed by atoms with Crippen molar-refractivity contribution in [3.63, 3.8) is 0 Å². The highest BCUT2D eigenvalue weighted by Crippen LogP contribution is 2.21. The number of thioether (sulfide) groups is 1. The Morgan fingerprint density at radius 3 is 3.00 bits per heavy atom. The van der Waals surface area contributed by atoms with Crippen LogP contribution < -0.4 is 5.32 Å². The molecule has 16 heavy (non-hydrogen) atoms. The molecule has 1 aromatic heterocycles. The molecule has 0 saturated heterocycles. The highest BCUT2D eigenvalue weighted by Gasteiger charge is 2.03. The number of methoxy groups -OCH3 is 1. The van der Waals surface area contributed by atoms with Gasteiger partial charge in [-0.25, -0.2) is 4.98 Å². The lowest BCUT2D eigenvalue weighted by molar-refractivity contribution is 0.218. The quantitative estimate of drug-likeness (QED) is 0.764. The average Bonchev–Trinajstić information content (AvgIpc) is 2.29. The molecule has 0 aliphatic heterocycles. The zero-order valence-electron chi connectivity index (χ0n) is 9.62. The fraction of sp³-hybridized carbons (Fsp3) is 0.545. The molecule has 0 aromatic carbocycles. The van der Waals surface area contributed by atoms with Crippen LogP contribution in [0.2, 0.25) is 5.02 Å². The molecule has 0 fully saturated rings. The Bertz CT molecular complexity index is 323. The summed E-state index contributed by atoms with van der Waals surface area (Å²) in [7, 11) is 1.71. The molecular formula is C11H17ClN2OS. The van der Waals surface area contributed by atoms with Gasteiger partial charge in [0.1, 0.15) is 5.82 Å². The summed E-state index contributed by atoms with van der Waals surface area (Å²) < 4.78 is 4.99. The highest BCUT2D eigenvalue weighted by atomic mass is 35.5. The fourth-order valence-corrected chi connectivity index (χ4v) is 2.27. The first-order chi connectivity index (χ1) is 7.77. The van der Waals surface area contributed by atoms with E-state index in [-0.39, 0.29) is 0 Å². The number of ether oxygens (including phenoxy) is 1. The van der Waals surface area contributed by atoms with Gasteiger partial charge in [0.05, 0.1) is 17.3 Å². The third-order valence-corrected chi connectivity index (χ3v) is 3.22. The molecule has 0 aliphatic rings. The van der Waals surface area contributed by atoms with E-state index >= 15 is 0 Å². The van der Waals surface area contributed by atoms with Crippen molar-refractivity contribution < 1.29 is 4.74 Å².